The van der Waals surface area contributed by atoms with Gasteiger partial charge in [0.1, 0.15) is 0 Å². The number of benzene rings is 1. The molecule has 1 N–H and O–H groups in total. The van der Waals surface area contributed by atoms with E-state index in [1.54, 1.807) is 0 Å². The first-order chi connectivity index (χ1) is 10.6. The SMILES string of the molecule is Cc1cnn([C@H](C)[C@H](C)NCc2cccc3cccnc23)c1. The highest BCUT2D eigenvalue weighted by atomic mass is 15.3. The lowest BCUT2D eigenvalue weighted by Gasteiger charge is -2.22. The van der Waals surface area contributed by atoms with E-state index in [1.807, 2.05) is 23.1 Å². The van der Waals surface area contributed by atoms with Crippen LogP contribution in [0.4, 0.5) is 0 Å². The molecule has 0 saturated heterocycles. The molecule has 2 aromatic heterocycles. The second-order valence-electron chi connectivity index (χ2n) is 5.90. The number of para-hydroxylation sites is 1. The molecule has 3 rings (SSSR count). The number of fused-ring (bicyclic) bond motifs is 1. The van der Waals surface area contributed by atoms with Crippen molar-refractivity contribution in [3.05, 3.63) is 60.0 Å². The van der Waals surface area contributed by atoms with Crippen molar-refractivity contribution in [1.82, 2.24) is 20.1 Å². The zero-order chi connectivity index (χ0) is 15.5. The van der Waals surface area contributed by atoms with Gasteiger partial charge in [0, 0.05) is 30.4 Å². The van der Waals surface area contributed by atoms with Crippen LogP contribution >= 0.6 is 0 Å². The van der Waals surface area contributed by atoms with Crippen molar-refractivity contribution in [1.29, 1.82) is 0 Å². The lowest BCUT2D eigenvalue weighted by atomic mass is 10.1. The summed E-state index contributed by atoms with van der Waals surface area (Å²) in [5.74, 6) is 0. The molecule has 0 aliphatic heterocycles. The van der Waals surface area contributed by atoms with Crippen molar-refractivity contribution in [2.24, 2.45) is 0 Å². The fourth-order valence-electron chi connectivity index (χ4n) is 2.64. The van der Waals surface area contributed by atoms with E-state index in [9.17, 15) is 0 Å². The Labute approximate surface area is 131 Å². The lowest BCUT2D eigenvalue weighted by molar-refractivity contribution is 0.365. The van der Waals surface area contributed by atoms with Gasteiger partial charge < -0.3 is 5.32 Å². The standard InChI is InChI=1S/C18H22N4/c1-13-10-21-22(12-13)15(3)14(2)20-11-17-7-4-6-16-8-5-9-19-18(16)17/h4-10,12,14-15,20H,11H2,1-3H3/t14-,15+/m0/s1. The van der Waals surface area contributed by atoms with Crippen LogP contribution in [0.5, 0.6) is 0 Å². The maximum atomic E-state index is 4.51. The van der Waals surface area contributed by atoms with Gasteiger partial charge in [0.2, 0.25) is 0 Å². The molecule has 22 heavy (non-hydrogen) atoms. The number of hydrogen-bond acceptors (Lipinski definition) is 3. The van der Waals surface area contributed by atoms with Crippen molar-refractivity contribution in [2.75, 3.05) is 0 Å². The minimum atomic E-state index is 0.302. The van der Waals surface area contributed by atoms with Gasteiger partial charge in [-0.25, -0.2) is 0 Å². The van der Waals surface area contributed by atoms with Gasteiger partial charge in [-0.1, -0.05) is 24.3 Å². The molecular formula is C18H22N4. The van der Waals surface area contributed by atoms with Gasteiger partial charge in [-0.2, -0.15) is 5.10 Å². The number of aryl methyl sites for hydroxylation is 1. The molecule has 2 atom stereocenters. The second kappa shape index (κ2) is 6.28. The van der Waals surface area contributed by atoms with E-state index in [1.165, 1.54) is 16.5 Å². The van der Waals surface area contributed by atoms with E-state index in [0.717, 1.165) is 12.1 Å². The van der Waals surface area contributed by atoms with Gasteiger partial charge >= 0.3 is 0 Å². The Morgan fingerprint density at radius 1 is 1.18 bits per heavy atom. The maximum absolute atomic E-state index is 4.51. The van der Waals surface area contributed by atoms with E-state index in [0.29, 0.717) is 12.1 Å². The maximum Gasteiger partial charge on any atom is 0.0746 e. The Balaban J connectivity index is 1.71. The lowest BCUT2D eigenvalue weighted by Crippen LogP contribution is -2.33. The van der Waals surface area contributed by atoms with E-state index < -0.39 is 0 Å². The summed E-state index contributed by atoms with van der Waals surface area (Å²) >= 11 is 0. The Morgan fingerprint density at radius 2 is 2.00 bits per heavy atom. The summed E-state index contributed by atoms with van der Waals surface area (Å²) < 4.78 is 2.02. The summed E-state index contributed by atoms with van der Waals surface area (Å²) in [6.07, 6.45) is 5.84. The molecule has 0 fully saturated rings. The molecule has 4 nitrogen and oxygen atoms in total. The fraction of sp³-hybridized carbons (Fsp3) is 0.333. The molecule has 1 aromatic carbocycles. The highest BCUT2D eigenvalue weighted by molar-refractivity contribution is 5.81. The summed E-state index contributed by atoms with van der Waals surface area (Å²) in [5, 5.41) is 9.19. The summed E-state index contributed by atoms with van der Waals surface area (Å²) in [4.78, 5) is 4.51. The predicted octanol–water partition coefficient (Wildman–Crippen LogP) is 3.48. The molecule has 0 saturated carbocycles. The molecule has 0 aliphatic rings. The zero-order valence-corrected chi connectivity index (χ0v) is 13.3. The molecule has 3 aromatic rings. The Kier molecular flexibility index (Phi) is 4.20. The fourth-order valence-corrected chi connectivity index (χ4v) is 2.64. The number of hydrogen-bond donors (Lipinski definition) is 1. The van der Waals surface area contributed by atoms with Crippen LogP contribution in [0, 0.1) is 6.92 Å². The first-order valence-corrected chi connectivity index (χ1v) is 7.72. The van der Waals surface area contributed by atoms with Crippen LogP contribution in [-0.2, 0) is 6.54 Å². The van der Waals surface area contributed by atoms with Gasteiger partial charge in [0.05, 0.1) is 17.8 Å². The summed E-state index contributed by atoms with van der Waals surface area (Å²) in [7, 11) is 0. The molecule has 2 heterocycles. The van der Waals surface area contributed by atoms with Crippen LogP contribution in [0.15, 0.2) is 48.9 Å². The van der Waals surface area contributed by atoms with Crippen LogP contribution in [0.1, 0.15) is 31.0 Å². The highest BCUT2D eigenvalue weighted by Gasteiger charge is 2.14. The quantitative estimate of drug-likeness (QED) is 0.783. The van der Waals surface area contributed by atoms with Gasteiger partial charge in [-0.3, -0.25) is 9.67 Å². The Hall–Kier alpha value is -2.20. The van der Waals surface area contributed by atoms with E-state index in [4.69, 9.17) is 0 Å². The molecule has 4 heteroatoms. The van der Waals surface area contributed by atoms with Crippen LogP contribution in [0.3, 0.4) is 0 Å². The van der Waals surface area contributed by atoms with Crippen molar-refractivity contribution in [3.63, 3.8) is 0 Å². The van der Waals surface area contributed by atoms with E-state index >= 15 is 0 Å². The van der Waals surface area contributed by atoms with Crippen molar-refractivity contribution in [2.45, 2.75) is 39.4 Å². The predicted molar refractivity (Wildman–Crippen MR) is 89.7 cm³/mol. The molecule has 0 bridgehead atoms. The largest absolute Gasteiger partial charge is 0.308 e. The summed E-state index contributed by atoms with van der Waals surface area (Å²) in [6.45, 7) is 7.25. The van der Waals surface area contributed by atoms with Gasteiger partial charge in [-0.15, -0.1) is 0 Å². The molecular weight excluding hydrogens is 272 g/mol. The van der Waals surface area contributed by atoms with Crippen LogP contribution in [0.25, 0.3) is 10.9 Å². The third-order valence-electron chi connectivity index (χ3n) is 4.20. The van der Waals surface area contributed by atoms with Crippen molar-refractivity contribution >= 4 is 10.9 Å². The first-order valence-electron chi connectivity index (χ1n) is 7.72. The van der Waals surface area contributed by atoms with Gasteiger partial charge in [-0.05, 0) is 38.0 Å². The Bertz CT molecular complexity index is 757. The van der Waals surface area contributed by atoms with E-state index in [2.05, 4.69) is 66.6 Å². The number of rotatable bonds is 5. The van der Waals surface area contributed by atoms with Crippen LogP contribution in [0.2, 0.25) is 0 Å². The topological polar surface area (TPSA) is 42.7 Å². The van der Waals surface area contributed by atoms with Crippen molar-refractivity contribution < 1.29 is 0 Å². The highest BCUT2D eigenvalue weighted by Crippen LogP contribution is 2.17. The average Bonchev–Trinajstić information content (AvgIpc) is 2.98. The number of nitrogens with zero attached hydrogens (tertiary/aromatic N) is 3. The third kappa shape index (κ3) is 3.02. The molecule has 0 aliphatic carbocycles. The first kappa shape index (κ1) is 14.7. The number of nitrogens with one attached hydrogen (secondary N) is 1. The molecule has 0 amide bonds. The average molecular weight is 294 g/mol. The second-order valence-corrected chi connectivity index (χ2v) is 5.90. The summed E-state index contributed by atoms with van der Waals surface area (Å²) in [6, 6.07) is 11.0. The van der Waals surface area contributed by atoms with Crippen LogP contribution in [-0.4, -0.2) is 20.8 Å². The minimum absolute atomic E-state index is 0.302. The third-order valence-corrected chi connectivity index (χ3v) is 4.20. The minimum Gasteiger partial charge on any atom is -0.308 e. The molecule has 0 unspecified atom stereocenters. The monoisotopic (exact) mass is 294 g/mol. The van der Waals surface area contributed by atoms with Crippen LogP contribution < -0.4 is 5.32 Å². The Morgan fingerprint density at radius 3 is 2.77 bits per heavy atom. The van der Waals surface area contributed by atoms with E-state index in [-0.39, 0.29) is 0 Å². The molecule has 114 valence electrons. The number of pyridine rings is 1. The van der Waals surface area contributed by atoms with Gasteiger partial charge in [0.25, 0.3) is 0 Å². The normalized spacial score (nSPS) is 14.1. The van der Waals surface area contributed by atoms with Crippen molar-refractivity contribution in [3.8, 4) is 0 Å². The number of aromatic nitrogens is 3. The smallest absolute Gasteiger partial charge is 0.0746 e. The van der Waals surface area contributed by atoms with Gasteiger partial charge in [0.15, 0.2) is 0 Å². The summed E-state index contributed by atoms with van der Waals surface area (Å²) in [5.41, 5.74) is 3.50. The molecule has 0 radical (unpaired) electrons. The molecule has 0 spiro atoms. The zero-order valence-electron chi connectivity index (χ0n) is 13.3.